The van der Waals surface area contributed by atoms with Crippen molar-refractivity contribution in [2.45, 2.75) is 44.9 Å². The number of carbonyl (C=O) groups is 1. The van der Waals surface area contributed by atoms with Gasteiger partial charge in [-0.3, -0.25) is 5.43 Å². The minimum atomic E-state index is -0.358. The van der Waals surface area contributed by atoms with Gasteiger partial charge in [0.05, 0.1) is 12.3 Å². The van der Waals surface area contributed by atoms with E-state index in [0.717, 1.165) is 69.5 Å². The molecule has 2 aliphatic rings. The van der Waals surface area contributed by atoms with Gasteiger partial charge < -0.3 is 14.2 Å². The van der Waals surface area contributed by atoms with Crippen molar-refractivity contribution >= 4 is 17.1 Å². The number of fused-ring (bicyclic) bond motifs is 1. The van der Waals surface area contributed by atoms with E-state index in [0.29, 0.717) is 24.0 Å². The Kier molecular flexibility index (Phi) is 6.84. The molecule has 0 spiro atoms. The minimum Gasteiger partial charge on any atom is -0.449 e. The fraction of sp³-hybridized carbons (Fsp3) is 0.636. The Labute approximate surface area is 176 Å². The summed E-state index contributed by atoms with van der Waals surface area (Å²) in [4.78, 5) is 14.1. The van der Waals surface area contributed by atoms with Crippen molar-refractivity contribution in [3.05, 3.63) is 29.7 Å². The van der Waals surface area contributed by atoms with Crippen LogP contribution in [0.1, 0.15) is 50.6 Å². The molecule has 164 valence electrons. The highest BCUT2D eigenvalue weighted by atomic mass is 19.1. The number of benzene rings is 1. The summed E-state index contributed by atoms with van der Waals surface area (Å²) >= 11 is 0. The number of aromatic nitrogens is 1. The largest absolute Gasteiger partial charge is 0.449 e. The van der Waals surface area contributed by atoms with Crippen molar-refractivity contribution < 1.29 is 18.4 Å². The molecule has 7 nitrogen and oxygen atoms in total. The van der Waals surface area contributed by atoms with Crippen molar-refractivity contribution in [2.24, 2.45) is 5.92 Å². The van der Waals surface area contributed by atoms with E-state index in [4.69, 9.17) is 9.26 Å². The summed E-state index contributed by atoms with van der Waals surface area (Å²) in [5.74, 6) is 0.796. The van der Waals surface area contributed by atoms with E-state index in [2.05, 4.69) is 15.5 Å². The maximum Gasteiger partial charge on any atom is 0.421 e. The molecule has 2 aliphatic heterocycles. The zero-order valence-electron chi connectivity index (χ0n) is 17.6. The summed E-state index contributed by atoms with van der Waals surface area (Å²) in [6.07, 6.45) is 5.16. The van der Waals surface area contributed by atoms with Gasteiger partial charge in [-0.2, -0.15) is 0 Å². The van der Waals surface area contributed by atoms with Crippen LogP contribution in [0.3, 0.4) is 0 Å². The molecular weight excluding hydrogens is 387 g/mol. The molecule has 0 radical (unpaired) electrons. The summed E-state index contributed by atoms with van der Waals surface area (Å²) in [5.41, 5.74) is 4.32. The molecule has 2 aromatic rings. The Morgan fingerprint density at radius 2 is 2.00 bits per heavy atom. The molecule has 30 heavy (non-hydrogen) atoms. The van der Waals surface area contributed by atoms with Crippen LogP contribution < -0.4 is 5.43 Å². The fourth-order valence-corrected chi connectivity index (χ4v) is 4.65. The summed E-state index contributed by atoms with van der Waals surface area (Å²) in [7, 11) is 0. The van der Waals surface area contributed by atoms with Crippen molar-refractivity contribution in [2.75, 3.05) is 39.3 Å². The average molecular weight is 419 g/mol. The molecule has 1 aromatic carbocycles. The highest BCUT2D eigenvalue weighted by Gasteiger charge is 2.26. The van der Waals surface area contributed by atoms with Crippen LogP contribution >= 0.6 is 0 Å². The van der Waals surface area contributed by atoms with Crippen LogP contribution in [0, 0.1) is 11.7 Å². The monoisotopic (exact) mass is 418 g/mol. The van der Waals surface area contributed by atoms with Crippen LogP contribution in [0.5, 0.6) is 0 Å². The second-order valence-electron chi connectivity index (χ2n) is 8.38. The molecule has 0 saturated carbocycles. The van der Waals surface area contributed by atoms with Gasteiger partial charge in [-0.15, -0.1) is 0 Å². The number of nitrogens with zero attached hydrogens (tertiary/aromatic N) is 3. The predicted molar refractivity (Wildman–Crippen MR) is 111 cm³/mol. The van der Waals surface area contributed by atoms with Gasteiger partial charge in [0.25, 0.3) is 0 Å². The van der Waals surface area contributed by atoms with E-state index >= 15 is 0 Å². The molecule has 8 heteroatoms. The summed E-state index contributed by atoms with van der Waals surface area (Å²) in [5, 5.41) is 7.15. The molecule has 1 N–H and O–H groups in total. The molecule has 1 aromatic heterocycles. The third-order valence-corrected chi connectivity index (χ3v) is 6.43. The highest BCUT2D eigenvalue weighted by Crippen LogP contribution is 2.33. The van der Waals surface area contributed by atoms with Gasteiger partial charge in [0.1, 0.15) is 5.82 Å². The van der Waals surface area contributed by atoms with Gasteiger partial charge in [0.15, 0.2) is 5.58 Å². The topological polar surface area (TPSA) is 70.8 Å². The van der Waals surface area contributed by atoms with Crippen LogP contribution in [0.4, 0.5) is 9.18 Å². The molecule has 4 rings (SSSR count). The van der Waals surface area contributed by atoms with Crippen LogP contribution in [0.25, 0.3) is 11.0 Å². The molecule has 0 bridgehead atoms. The zero-order chi connectivity index (χ0) is 20.9. The number of hydrogen-bond donors (Lipinski definition) is 1. The number of hydrazine groups is 1. The van der Waals surface area contributed by atoms with Crippen molar-refractivity contribution in [1.82, 2.24) is 20.5 Å². The normalized spacial score (nSPS) is 19.9. The molecule has 1 amide bonds. The van der Waals surface area contributed by atoms with E-state index in [-0.39, 0.29) is 11.9 Å². The van der Waals surface area contributed by atoms with Gasteiger partial charge in [0, 0.05) is 30.5 Å². The maximum atomic E-state index is 13.4. The number of carbonyl (C=O) groups excluding carboxylic acids is 1. The van der Waals surface area contributed by atoms with E-state index in [1.54, 1.807) is 6.07 Å². The van der Waals surface area contributed by atoms with Crippen LogP contribution in [-0.2, 0) is 4.74 Å². The number of halogens is 1. The third kappa shape index (κ3) is 5.10. The van der Waals surface area contributed by atoms with Crippen LogP contribution in [0.15, 0.2) is 22.7 Å². The van der Waals surface area contributed by atoms with Gasteiger partial charge >= 0.3 is 6.09 Å². The van der Waals surface area contributed by atoms with Crippen molar-refractivity contribution in [3.8, 4) is 0 Å². The first-order valence-electron chi connectivity index (χ1n) is 11.1. The first-order chi connectivity index (χ1) is 14.6. The quantitative estimate of drug-likeness (QED) is 0.767. The first-order valence-corrected chi connectivity index (χ1v) is 11.1. The van der Waals surface area contributed by atoms with Gasteiger partial charge in [-0.1, -0.05) is 5.16 Å². The van der Waals surface area contributed by atoms with Crippen molar-refractivity contribution in [3.63, 3.8) is 0 Å². The number of piperidine rings is 2. The summed E-state index contributed by atoms with van der Waals surface area (Å²) < 4.78 is 23.6. The van der Waals surface area contributed by atoms with E-state index in [1.165, 1.54) is 18.6 Å². The second-order valence-corrected chi connectivity index (χ2v) is 8.38. The highest BCUT2D eigenvalue weighted by molar-refractivity contribution is 5.79. The van der Waals surface area contributed by atoms with E-state index in [1.807, 2.05) is 11.9 Å². The van der Waals surface area contributed by atoms with Gasteiger partial charge in [-0.25, -0.2) is 14.2 Å². The standard InChI is InChI=1S/C22H31FN4O3/c1-2-29-22(28)24-27-13-6-16(7-14-27)5-10-26-11-8-17(9-12-26)21-19-4-3-18(23)15-20(19)30-25-21/h3-4,15-17H,2,5-14H2,1H3,(H,24,28). The van der Waals surface area contributed by atoms with Crippen LogP contribution in [-0.4, -0.2) is 60.5 Å². The minimum absolute atomic E-state index is 0.289. The van der Waals surface area contributed by atoms with E-state index < -0.39 is 0 Å². The molecular formula is C22H31FN4O3. The molecule has 2 fully saturated rings. The third-order valence-electron chi connectivity index (χ3n) is 6.43. The Balaban J connectivity index is 1.18. The van der Waals surface area contributed by atoms with Gasteiger partial charge in [-0.05, 0) is 76.7 Å². The molecule has 0 unspecified atom stereocenters. The smallest absolute Gasteiger partial charge is 0.421 e. The summed E-state index contributed by atoms with van der Waals surface area (Å²) in [6, 6.07) is 4.67. The Morgan fingerprint density at radius 1 is 1.23 bits per heavy atom. The lowest BCUT2D eigenvalue weighted by Gasteiger charge is -2.35. The van der Waals surface area contributed by atoms with E-state index in [9.17, 15) is 9.18 Å². The number of rotatable bonds is 6. The predicted octanol–water partition coefficient (Wildman–Crippen LogP) is 3.91. The number of hydrogen-bond acceptors (Lipinski definition) is 6. The number of nitrogens with one attached hydrogen (secondary N) is 1. The number of amides is 1. The first kappa shape index (κ1) is 21.1. The second kappa shape index (κ2) is 9.75. The lowest BCUT2D eigenvalue weighted by atomic mass is 9.90. The molecule has 2 saturated heterocycles. The molecule has 0 aliphatic carbocycles. The lowest BCUT2D eigenvalue weighted by Crippen LogP contribution is -2.47. The number of ether oxygens (including phenoxy) is 1. The zero-order valence-corrected chi connectivity index (χ0v) is 17.6. The molecule has 3 heterocycles. The Morgan fingerprint density at radius 3 is 2.73 bits per heavy atom. The molecule has 0 atom stereocenters. The Hall–Kier alpha value is -2.19. The SMILES string of the molecule is CCOC(=O)NN1CCC(CCN2CCC(c3noc4cc(F)ccc34)CC2)CC1. The lowest BCUT2D eigenvalue weighted by molar-refractivity contribution is 0.0831. The number of likely N-dealkylation sites (tertiary alicyclic amines) is 1. The Bertz CT molecular complexity index is 842. The van der Waals surface area contributed by atoms with Crippen molar-refractivity contribution in [1.29, 1.82) is 0 Å². The van der Waals surface area contributed by atoms with Gasteiger partial charge in [0.2, 0.25) is 0 Å². The average Bonchev–Trinajstić information content (AvgIpc) is 3.17. The fourth-order valence-electron chi connectivity index (χ4n) is 4.65. The maximum absolute atomic E-state index is 13.4. The summed E-state index contributed by atoms with van der Waals surface area (Å²) in [6.45, 7) is 7.20. The van der Waals surface area contributed by atoms with Crippen LogP contribution in [0.2, 0.25) is 0 Å².